The van der Waals surface area contributed by atoms with Gasteiger partial charge in [0.15, 0.2) is 10.0 Å². The lowest BCUT2D eigenvalue weighted by Gasteiger charge is -2.07. The third-order valence-electron chi connectivity index (χ3n) is 2.40. The van der Waals surface area contributed by atoms with Crippen molar-refractivity contribution in [1.82, 2.24) is 4.98 Å². The molecule has 0 saturated heterocycles. The number of benzene rings is 1. The summed E-state index contributed by atoms with van der Waals surface area (Å²) in [5.41, 5.74) is 0.206. The molecule has 21 heavy (non-hydrogen) atoms. The number of rotatable bonds is 4. The van der Waals surface area contributed by atoms with Crippen LogP contribution in [-0.2, 0) is 10.0 Å². The van der Waals surface area contributed by atoms with Gasteiger partial charge >= 0.3 is 0 Å². The van der Waals surface area contributed by atoms with Gasteiger partial charge < -0.3 is 5.11 Å². The Morgan fingerprint density at radius 1 is 1.29 bits per heavy atom. The summed E-state index contributed by atoms with van der Waals surface area (Å²) in [6.07, 6.45) is -0.918. The lowest BCUT2D eigenvalue weighted by Crippen LogP contribution is -2.16. The van der Waals surface area contributed by atoms with Gasteiger partial charge in [-0.1, -0.05) is 0 Å². The van der Waals surface area contributed by atoms with E-state index < -0.39 is 38.5 Å². The number of sulfonamides is 1. The summed E-state index contributed by atoms with van der Waals surface area (Å²) in [6.45, 7) is 1.42. The van der Waals surface area contributed by atoms with Gasteiger partial charge in [-0.3, -0.25) is 4.72 Å². The van der Waals surface area contributed by atoms with Crippen LogP contribution < -0.4 is 4.72 Å². The Kier molecular flexibility index (Phi) is 4.21. The molecule has 1 aromatic heterocycles. The van der Waals surface area contributed by atoms with Crippen LogP contribution in [0.2, 0.25) is 0 Å². The topological polar surface area (TPSA) is 79.3 Å². The Hall–Kier alpha value is -1.65. The normalized spacial score (nSPS) is 13.2. The van der Waals surface area contributed by atoms with Crippen LogP contribution in [0.15, 0.2) is 22.4 Å². The van der Waals surface area contributed by atoms with Gasteiger partial charge in [0.05, 0.1) is 11.8 Å². The molecule has 0 aliphatic heterocycles. The lowest BCUT2D eigenvalue weighted by molar-refractivity contribution is 0.195. The SMILES string of the molecule is CC(O)c1csc(NS(=O)(=O)c2c(F)cc(F)cc2F)n1. The number of aliphatic hydroxyl groups is 1. The molecular weight excluding hydrogens is 329 g/mol. The van der Waals surface area contributed by atoms with Crippen LogP contribution >= 0.6 is 11.3 Å². The molecule has 0 radical (unpaired) electrons. The molecule has 1 aromatic carbocycles. The highest BCUT2D eigenvalue weighted by Gasteiger charge is 2.26. The Bertz CT molecular complexity index is 752. The summed E-state index contributed by atoms with van der Waals surface area (Å²) in [7, 11) is -4.60. The predicted molar refractivity (Wildman–Crippen MR) is 69.9 cm³/mol. The van der Waals surface area contributed by atoms with Crippen molar-refractivity contribution in [3.63, 3.8) is 0 Å². The first-order chi connectivity index (χ1) is 9.70. The van der Waals surface area contributed by atoms with E-state index in [4.69, 9.17) is 0 Å². The van der Waals surface area contributed by atoms with Crippen LogP contribution in [0.4, 0.5) is 18.3 Å². The van der Waals surface area contributed by atoms with Crippen molar-refractivity contribution >= 4 is 26.5 Å². The number of nitrogens with zero attached hydrogens (tertiary/aromatic N) is 1. The van der Waals surface area contributed by atoms with Crippen LogP contribution in [0.1, 0.15) is 18.7 Å². The van der Waals surface area contributed by atoms with E-state index in [1.807, 2.05) is 4.72 Å². The minimum Gasteiger partial charge on any atom is -0.387 e. The summed E-state index contributed by atoms with van der Waals surface area (Å²) in [5.74, 6) is -4.32. The van der Waals surface area contributed by atoms with E-state index in [1.165, 1.54) is 12.3 Å². The standard InChI is InChI=1S/C11H9F3N2O3S2/c1-5(17)9-4-20-11(15-9)16-21(18,19)10-7(13)2-6(12)3-8(10)14/h2-5,17H,1H3,(H,15,16). The molecule has 0 bridgehead atoms. The van der Waals surface area contributed by atoms with Crippen LogP contribution in [0.5, 0.6) is 0 Å². The van der Waals surface area contributed by atoms with E-state index in [9.17, 15) is 26.7 Å². The van der Waals surface area contributed by atoms with Gasteiger partial charge in [0.2, 0.25) is 0 Å². The number of anilines is 1. The number of nitrogens with one attached hydrogen (secondary N) is 1. The summed E-state index contributed by atoms with van der Waals surface area (Å²) in [4.78, 5) is 2.46. The molecule has 0 fully saturated rings. The van der Waals surface area contributed by atoms with Gasteiger partial charge in [-0.2, -0.15) is 0 Å². The first-order valence-electron chi connectivity index (χ1n) is 5.51. The Morgan fingerprint density at radius 3 is 2.33 bits per heavy atom. The van der Waals surface area contributed by atoms with Gasteiger partial charge in [-0.05, 0) is 6.92 Å². The zero-order valence-corrected chi connectivity index (χ0v) is 12.1. The Balaban J connectivity index is 2.38. The minimum atomic E-state index is -4.60. The van der Waals surface area contributed by atoms with Crippen molar-refractivity contribution in [2.24, 2.45) is 0 Å². The zero-order valence-electron chi connectivity index (χ0n) is 10.5. The maximum atomic E-state index is 13.5. The molecule has 5 nitrogen and oxygen atoms in total. The van der Waals surface area contributed by atoms with Crippen molar-refractivity contribution in [2.75, 3.05) is 4.72 Å². The zero-order chi connectivity index (χ0) is 15.8. The molecule has 2 rings (SSSR count). The largest absolute Gasteiger partial charge is 0.387 e. The first-order valence-corrected chi connectivity index (χ1v) is 7.88. The molecule has 0 spiro atoms. The fraction of sp³-hybridized carbons (Fsp3) is 0.182. The molecule has 0 aliphatic carbocycles. The molecule has 1 unspecified atom stereocenters. The highest BCUT2D eigenvalue weighted by Crippen LogP contribution is 2.26. The minimum absolute atomic E-state index is 0.172. The average molecular weight is 338 g/mol. The number of hydrogen-bond acceptors (Lipinski definition) is 5. The van der Waals surface area contributed by atoms with Crippen molar-refractivity contribution < 1.29 is 26.7 Å². The third kappa shape index (κ3) is 3.34. The molecule has 0 saturated carbocycles. The van der Waals surface area contributed by atoms with Gasteiger partial charge in [0.1, 0.15) is 17.5 Å². The molecule has 2 aromatic rings. The highest BCUT2D eigenvalue weighted by atomic mass is 32.2. The van der Waals surface area contributed by atoms with Crippen LogP contribution in [-0.4, -0.2) is 18.5 Å². The van der Waals surface area contributed by atoms with Gasteiger partial charge in [-0.25, -0.2) is 26.6 Å². The number of aliphatic hydroxyl groups excluding tert-OH is 1. The average Bonchev–Trinajstić information content (AvgIpc) is 2.74. The molecule has 10 heteroatoms. The monoisotopic (exact) mass is 338 g/mol. The highest BCUT2D eigenvalue weighted by molar-refractivity contribution is 7.93. The summed E-state index contributed by atoms with van der Waals surface area (Å²) >= 11 is 0.834. The number of aromatic nitrogens is 1. The Morgan fingerprint density at radius 2 is 1.86 bits per heavy atom. The van der Waals surface area contributed by atoms with Crippen molar-refractivity contribution in [3.05, 3.63) is 40.7 Å². The number of thiazole rings is 1. The smallest absolute Gasteiger partial charge is 0.269 e. The molecule has 1 heterocycles. The van der Waals surface area contributed by atoms with E-state index in [-0.39, 0.29) is 23.0 Å². The first kappa shape index (κ1) is 15.7. The fourth-order valence-corrected chi connectivity index (χ4v) is 3.65. The molecular formula is C11H9F3N2O3S2. The van der Waals surface area contributed by atoms with E-state index in [0.29, 0.717) is 0 Å². The number of hydrogen-bond donors (Lipinski definition) is 2. The van der Waals surface area contributed by atoms with Crippen molar-refractivity contribution in [2.45, 2.75) is 17.9 Å². The van der Waals surface area contributed by atoms with Crippen molar-refractivity contribution in [1.29, 1.82) is 0 Å². The molecule has 1 atom stereocenters. The number of halogens is 3. The quantitative estimate of drug-likeness (QED) is 0.897. The van der Waals surface area contributed by atoms with Gasteiger partial charge in [-0.15, -0.1) is 11.3 Å². The summed E-state index contributed by atoms with van der Waals surface area (Å²) in [6, 6.07) is 0.529. The second kappa shape index (κ2) is 5.62. The van der Waals surface area contributed by atoms with Crippen molar-refractivity contribution in [3.8, 4) is 0 Å². The molecule has 0 amide bonds. The van der Waals surface area contributed by atoms with E-state index in [2.05, 4.69) is 4.98 Å². The maximum absolute atomic E-state index is 13.5. The molecule has 114 valence electrons. The Labute approximate surface area is 122 Å². The summed E-state index contributed by atoms with van der Waals surface area (Å²) < 4.78 is 65.5. The second-order valence-electron chi connectivity index (χ2n) is 4.06. The van der Waals surface area contributed by atoms with E-state index >= 15 is 0 Å². The lowest BCUT2D eigenvalue weighted by atomic mass is 10.3. The van der Waals surface area contributed by atoms with Crippen LogP contribution in [0, 0.1) is 17.5 Å². The van der Waals surface area contributed by atoms with E-state index in [1.54, 1.807) is 0 Å². The maximum Gasteiger partial charge on any atom is 0.269 e. The summed E-state index contributed by atoms with van der Waals surface area (Å²) in [5, 5.41) is 10.5. The predicted octanol–water partition coefficient (Wildman–Crippen LogP) is 2.41. The molecule has 2 N–H and O–H groups in total. The van der Waals surface area contributed by atoms with Crippen LogP contribution in [0.3, 0.4) is 0 Å². The fourth-order valence-electron chi connectivity index (χ4n) is 1.48. The van der Waals surface area contributed by atoms with Gasteiger partial charge in [0.25, 0.3) is 10.0 Å². The van der Waals surface area contributed by atoms with Gasteiger partial charge in [0, 0.05) is 17.5 Å². The van der Waals surface area contributed by atoms with E-state index in [0.717, 1.165) is 11.3 Å². The van der Waals surface area contributed by atoms with Crippen LogP contribution in [0.25, 0.3) is 0 Å². The molecule has 0 aliphatic rings. The second-order valence-corrected chi connectivity index (χ2v) is 6.53. The third-order valence-corrected chi connectivity index (χ3v) is 4.70.